The summed E-state index contributed by atoms with van der Waals surface area (Å²) in [5, 5.41) is 3.35. The second-order valence-corrected chi connectivity index (χ2v) is 6.61. The summed E-state index contributed by atoms with van der Waals surface area (Å²) in [5.41, 5.74) is 4.56. The third kappa shape index (κ3) is 4.37. The average molecular weight is 364 g/mol. The van der Waals surface area contributed by atoms with Crippen LogP contribution < -0.4 is 10.1 Å². The molecule has 1 aliphatic rings. The molecule has 6 heteroatoms. The van der Waals surface area contributed by atoms with Crippen molar-refractivity contribution >= 4 is 0 Å². The van der Waals surface area contributed by atoms with E-state index in [1.807, 2.05) is 6.07 Å². The predicted octanol–water partition coefficient (Wildman–Crippen LogP) is 4.20. The number of ether oxygens (including phenoxy) is 1. The number of nitrogens with one attached hydrogen (secondary N) is 1. The summed E-state index contributed by atoms with van der Waals surface area (Å²) < 4.78 is 41.3. The van der Waals surface area contributed by atoms with Gasteiger partial charge in [-0.15, -0.1) is 13.2 Å². The second-order valence-electron chi connectivity index (χ2n) is 6.61. The van der Waals surface area contributed by atoms with Gasteiger partial charge in [-0.05, 0) is 48.2 Å². The molecule has 0 radical (unpaired) electrons. The number of rotatable bonds is 4. The maximum atomic E-state index is 12.4. The largest absolute Gasteiger partial charge is 0.573 e. The number of halogens is 3. The summed E-state index contributed by atoms with van der Waals surface area (Å²) in [5.74, 6) is -0.193. The number of nitrogens with zero attached hydrogens (tertiary/aromatic N) is 1. The van der Waals surface area contributed by atoms with Gasteiger partial charge in [-0.1, -0.05) is 30.3 Å². The van der Waals surface area contributed by atoms with E-state index in [0.717, 1.165) is 31.7 Å². The third-order valence-corrected chi connectivity index (χ3v) is 4.76. The lowest BCUT2D eigenvalue weighted by molar-refractivity contribution is -0.274. The molecule has 2 aromatic carbocycles. The molecule has 1 aliphatic heterocycles. The van der Waals surface area contributed by atoms with Crippen molar-refractivity contribution in [2.45, 2.75) is 26.3 Å². The lowest BCUT2D eigenvalue weighted by Gasteiger charge is -2.37. The summed E-state index contributed by atoms with van der Waals surface area (Å²) in [7, 11) is 0. The van der Waals surface area contributed by atoms with Gasteiger partial charge in [0.2, 0.25) is 0 Å². The Kier molecular flexibility index (Phi) is 5.53. The number of benzene rings is 2. The Bertz CT molecular complexity index is 717. The molecule has 3 nitrogen and oxygen atoms in total. The van der Waals surface area contributed by atoms with Gasteiger partial charge in [0.15, 0.2) is 0 Å². The minimum Gasteiger partial charge on any atom is -0.406 e. The fourth-order valence-corrected chi connectivity index (χ4v) is 3.61. The zero-order valence-electron chi connectivity index (χ0n) is 14.9. The number of piperazine rings is 1. The molecule has 1 fully saturated rings. The molecule has 26 heavy (non-hydrogen) atoms. The van der Waals surface area contributed by atoms with Crippen LogP contribution in [-0.4, -0.2) is 37.4 Å². The maximum Gasteiger partial charge on any atom is 0.573 e. The molecular weight excluding hydrogens is 341 g/mol. The van der Waals surface area contributed by atoms with Gasteiger partial charge in [0.1, 0.15) is 5.75 Å². The highest BCUT2D eigenvalue weighted by molar-refractivity contribution is 5.43. The van der Waals surface area contributed by atoms with Gasteiger partial charge in [0, 0.05) is 26.2 Å². The molecule has 1 saturated heterocycles. The van der Waals surface area contributed by atoms with Crippen molar-refractivity contribution in [3.8, 4) is 5.75 Å². The van der Waals surface area contributed by atoms with E-state index in [9.17, 15) is 13.2 Å². The van der Waals surface area contributed by atoms with Gasteiger partial charge >= 0.3 is 6.36 Å². The number of aryl methyl sites for hydroxylation is 2. The lowest BCUT2D eigenvalue weighted by Crippen LogP contribution is -2.45. The highest BCUT2D eigenvalue weighted by atomic mass is 19.4. The average Bonchev–Trinajstić information content (AvgIpc) is 2.59. The van der Waals surface area contributed by atoms with Crippen molar-refractivity contribution in [3.05, 3.63) is 64.7 Å². The minimum atomic E-state index is -4.67. The van der Waals surface area contributed by atoms with Crippen molar-refractivity contribution in [3.63, 3.8) is 0 Å². The summed E-state index contributed by atoms with van der Waals surface area (Å²) in [6.45, 7) is 7.74. The van der Waals surface area contributed by atoms with Crippen molar-refractivity contribution in [2.24, 2.45) is 0 Å². The fraction of sp³-hybridized carbons (Fsp3) is 0.400. The van der Waals surface area contributed by atoms with Crippen LogP contribution in [0.15, 0.2) is 42.5 Å². The molecule has 0 amide bonds. The molecule has 1 N–H and O–H groups in total. The Labute approximate surface area is 151 Å². The number of hydrogen-bond acceptors (Lipinski definition) is 3. The van der Waals surface area contributed by atoms with E-state index in [1.165, 1.54) is 28.8 Å². The highest BCUT2D eigenvalue weighted by Gasteiger charge is 2.31. The highest BCUT2D eigenvalue weighted by Crippen LogP contribution is 2.34. The molecule has 1 heterocycles. The first-order chi connectivity index (χ1) is 12.3. The van der Waals surface area contributed by atoms with Gasteiger partial charge < -0.3 is 10.1 Å². The summed E-state index contributed by atoms with van der Waals surface area (Å²) in [6.07, 6.45) is -4.67. The summed E-state index contributed by atoms with van der Waals surface area (Å²) in [4.78, 5) is 2.38. The van der Waals surface area contributed by atoms with Crippen LogP contribution in [0.2, 0.25) is 0 Å². The third-order valence-electron chi connectivity index (χ3n) is 4.76. The van der Waals surface area contributed by atoms with Crippen molar-refractivity contribution in [1.29, 1.82) is 0 Å². The monoisotopic (exact) mass is 364 g/mol. The van der Waals surface area contributed by atoms with Crippen LogP contribution >= 0.6 is 0 Å². The predicted molar refractivity (Wildman–Crippen MR) is 95.3 cm³/mol. The Balaban J connectivity index is 1.98. The molecule has 0 saturated carbocycles. The zero-order chi connectivity index (χ0) is 18.7. The molecule has 0 spiro atoms. The Morgan fingerprint density at radius 3 is 2.08 bits per heavy atom. The normalized spacial score (nSPS) is 17.1. The van der Waals surface area contributed by atoms with E-state index in [1.54, 1.807) is 12.1 Å². The molecule has 2 aromatic rings. The molecule has 0 aromatic heterocycles. The fourth-order valence-electron chi connectivity index (χ4n) is 3.61. The van der Waals surface area contributed by atoms with Crippen LogP contribution in [0.3, 0.4) is 0 Å². The smallest absolute Gasteiger partial charge is 0.406 e. The standard InChI is InChI=1S/C20H23F3N2O/c1-14-4-3-5-15(2)18(14)19(25-12-10-24-11-13-25)16-6-8-17(9-7-16)26-20(21,22)23/h3-9,19,24H,10-13H2,1-2H3/t19-/m0/s1. The van der Waals surface area contributed by atoms with Crippen LogP contribution in [-0.2, 0) is 0 Å². The molecule has 0 unspecified atom stereocenters. The lowest BCUT2D eigenvalue weighted by atomic mass is 9.89. The Hall–Kier alpha value is -2.05. The van der Waals surface area contributed by atoms with Crippen LogP contribution in [0.25, 0.3) is 0 Å². The van der Waals surface area contributed by atoms with Crippen molar-refractivity contribution in [2.75, 3.05) is 26.2 Å². The molecule has 140 valence electrons. The topological polar surface area (TPSA) is 24.5 Å². The van der Waals surface area contributed by atoms with Crippen LogP contribution in [0.1, 0.15) is 28.3 Å². The van der Waals surface area contributed by atoms with Gasteiger partial charge in [-0.3, -0.25) is 4.90 Å². The number of alkyl halides is 3. The van der Waals surface area contributed by atoms with Crippen molar-refractivity contribution < 1.29 is 17.9 Å². The van der Waals surface area contributed by atoms with E-state index in [0.29, 0.717) is 0 Å². The van der Waals surface area contributed by atoms with Gasteiger partial charge in [-0.2, -0.15) is 0 Å². The Morgan fingerprint density at radius 2 is 1.54 bits per heavy atom. The first-order valence-corrected chi connectivity index (χ1v) is 8.72. The molecule has 0 bridgehead atoms. The number of hydrogen-bond donors (Lipinski definition) is 1. The Morgan fingerprint density at radius 1 is 0.962 bits per heavy atom. The van der Waals surface area contributed by atoms with Gasteiger partial charge in [0.25, 0.3) is 0 Å². The van der Waals surface area contributed by atoms with Gasteiger partial charge in [-0.25, -0.2) is 0 Å². The maximum absolute atomic E-state index is 12.4. The van der Waals surface area contributed by atoms with Crippen LogP contribution in [0.4, 0.5) is 13.2 Å². The van der Waals surface area contributed by atoms with Gasteiger partial charge in [0.05, 0.1) is 6.04 Å². The van der Waals surface area contributed by atoms with Crippen LogP contribution in [0.5, 0.6) is 5.75 Å². The SMILES string of the molecule is Cc1cccc(C)c1[C@H](c1ccc(OC(F)(F)F)cc1)N1CCNCC1. The summed E-state index contributed by atoms with van der Waals surface area (Å²) in [6, 6.07) is 12.5. The second kappa shape index (κ2) is 7.68. The van der Waals surface area contributed by atoms with E-state index in [2.05, 4.69) is 40.9 Å². The minimum absolute atomic E-state index is 0.0123. The quantitative estimate of drug-likeness (QED) is 0.880. The van der Waals surface area contributed by atoms with E-state index in [-0.39, 0.29) is 11.8 Å². The first-order valence-electron chi connectivity index (χ1n) is 8.72. The molecule has 0 aliphatic carbocycles. The van der Waals surface area contributed by atoms with E-state index < -0.39 is 6.36 Å². The molecule has 3 rings (SSSR count). The van der Waals surface area contributed by atoms with Crippen LogP contribution in [0, 0.1) is 13.8 Å². The first kappa shape index (κ1) is 18.7. The molecule has 1 atom stereocenters. The van der Waals surface area contributed by atoms with Crippen molar-refractivity contribution in [1.82, 2.24) is 10.2 Å². The molecular formula is C20H23F3N2O. The van der Waals surface area contributed by atoms with E-state index in [4.69, 9.17) is 0 Å². The van der Waals surface area contributed by atoms with E-state index >= 15 is 0 Å². The zero-order valence-corrected chi connectivity index (χ0v) is 14.9. The summed E-state index contributed by atoms with van der Waals surface area (Å²) >= 11 is 0.